The van der Waals surface area contributed by atoms with Crippen molar-refractivity contribution in [1.29, 1.82) is 0 Å². The van der Waals surface area contributed by atoms with Gasteiger partial charge >= 0.3 is 0 Å². The average Bonchev–Trinajstić information content (AvgIpc) is 3.27. The normalized spacial score (nSPS) is 13.9. The molecular weight excluding hydrogens is 494 g/mol. The number of morpholine rings is 1. The maximum Gasteiger partial charge on any atom is 0.266 e. The number of anilines is 1. The third-order valence-electron chi connectivity index (χ3n) is 5.36. The summed E-state index contributed by atoms with van der Waals surface area (Å²) in [4.78, 5) is 23.3. The smallest absolute Gasteiger partial charge is 0.266 e. The van der Waals surface area contributed by atoms with Gasteiger partial charge in [0.05, 0.1) is 30.0 Å². The molecule has 1 fully saturated rings. The summed E-state index contributed by atoms with van der Waals surface area (Å²) in [6, 6.07) is 13.5. The molecule has 2 aromatic carbocycles. The molecule has 0 bridgehead atoms. The van der Waals surface area contributed by atoms with Gasteiger partial charge in [-0.3, -0.25) is 14.6 Å². The number of thioether (sulfide) groups is 1. The number of ether oxygens (including phenoxy) is 3. The molecule has 0 aliphatic carbocycles. The summed E-state index contributed by atoms with van der Waals surface area (Å²) in [5, 5.41) is 0.705. The SMILES string of the molecule is CCOc1ccc(OCC(=O)N(CCN2CCOCC2)c2nc3ccc(SC)cc3s2)cc1.Cl. The standard InChI is InChI=1S/C24H29N3O4S2.ClH/c1-3-30-18-4-6-19(7-5-18)31-17-23(28)27(11-10-26-12-14-29-15-13-26)24-25-21-9-8-20(32-2)16-22(21)33-24;/h4-9,16H,3,10-15,17H2,1-2H3;1H. The van der Waals surface area contributed by atoms with E-state index in [9.17, 15) is 4.79 Å². The molecule has 3 aromatic rings. The molecule has 0 unspecified atom stereocenters. The van der Waals surface area contributed by atoms with Gasteiger partial charge in [0, 0.05) is 31.1 Å². The van der Waals surface area contributed by atoms with Crippen molar-refractivity contribution in [2.75, 3.05) is 63.8 Å². The van der Waals surface area contributed by atoms with Crippen LogP contribution in [-0.4, -0.2) is 74.7 Å². The highest BCUT2D eigenvalue weighted by molar-refractivity contribution is 7.98. The van der Waals surface area contributed by atoms with Crippen molar-refractivity contribution in [3.8, 4) is 11.5 Å². The lowest BCUT2D eigenvalue weighted by Crippen LogP contribution is -2.44. The molecule has 10 heteroatoms. The number of carbonyl (C=O) groups excluding carboxylic acids is 1. The molecule has 7 nitrogen and oxygen atoms in total. The van der Waals surface area contributed by atoms with Crippen LogP contribution in [0.4, 0.5) is 5.13 Å². The number of hydrogen-bond donors (Lipinski definition) is 0. The third kappa shape index (κ3) is 6.99. The van der Waals surface area contributed by atoms with Crippen LogP contribution in [-0.2, 0) is 9.53 Å². The van der Waals surface area contributed by atoms with Gasteiger partial charge in [-0.15, -0.1) is 24.2 Å². The summed E-state index contributed by atoms with van der Waals surface area (Å²) in [6.07, 6.45) is 2.06. The number of nitrogens with zero attached hydrogens (tertiary/aromatic N) is 3. The Morgan fingerprint density at radius 2 is 1.85 bits per heavy atom. The molecule has 0 atom stereocenters. The molecule has 0 N–H and O–H groups in total. The number of rotatable bonds is 10. The minimum absolute atomic E-state index is 0. The summed E-state index contributed by atoms with van der Waals surface area (Å²) in [5.41, 5.74) is 0.907. The maximum absolute atomic E-state index is 13.3. The van der Waals surface area contributed by atoms with Crippen LogP contribution in [0.3, 0.4) is 0 Å². The van der Waals surface area contributed by atoms with Gasteiger partial charge in [0.2, 0.25) is 0 Å². The number of thiazole rings is 1. The Morgan fingerprint density at radius 3 is 2.53 bits per heavy atom. The van der Waals surface area contributed by atoms with Gasteiger partial charge in [-0.25, -0.2) is 4.98 Å². The molecule has 0 radical (unpaired) electrons. The second-order valence-corrected chi connectivity index (χ2v) is 9.41. The Labute approximate surface area is 214 Å². The van der Waals surface area contributed by atoms with Crippen molar-refractivity contribution in [2.45, 2.75) is 11.8 Å². The molecular formula is C24H30ClN3O4S2. The van der Waals surface area contributed by atoms with Crippen LogP contribution in [0.25, 0.3) is 10.2 Å². The topological polar surface area (TPSA) is 64.1 Å². The predicted octanol–water partition coefficient (Wildman–Crippen LogP) is 4.58. The van der Waals surface area contributed by atoms with E-state index < -0.39 is 0 Å². The highest BCUT2D eigenvalue weighted by Crippen LogP contribution is 2.32. The van der Waals surface area contributed by atoms with Crippen molar-refractivity contribution in [2.24, 2.45) is 0 Å². The highest BCUT2D eigenvalue weighted by Gasteiger charge is 2.22. The van der Waals surface area contributed by atoms with Gasteiger partial charge in [-0.2, -0.15) is 0 Å². The van der Waals surface area contributed by atoms with Gasteiger partial charge in [0.25, 0.3) is 5.91 Å². The van der Waals surface area contributed by atoms with Crippen LogP contribution >= 0.6 is 35.5 Å². The van der Waals surface area contributed by atoms with Crippen molar-refractivity contribution < 1.29 is 19.0 Å². The Morgan fingerprint density at radius 1 is 1.15 bits per heavy atom. The van der Waals surface area contributed by atoms with Crippen molar-refractivity contribution >= 4 is 56.8 Å². The van der Waals surface area contributed by atoms with Gasteiger partial charge in [0.1, 0.15) is 11.5 Å². The highest BCUT2D eigenvalue weighted by atomic mass is 35.5. The number of amides is 1. The van der Waals surface area contributed by atoms with Crippen LogP contribution in [0.15, 0.2) is 47.4 Å². The molecule has 1 aliphatic heterocycles. The van der Waals surface area contributed by atoms with E-state index in [4.69, 9.17) is 19.2 Å². The van der Waals surface area contributed by atoms with Crippen LogP contribution in [0, 0.1) is 0 Å². The number of aromatic nitrogens is 1. The van der Waals surface area contributed by atoms with Crippen LogP contribution < -0.4 is 14.4 Å². The summed E-state index contributed by atoms with van der Waals surface area (Å²) in [6.45, 7) is 7.04. The molecule has 1 saturated heterocycles. The molecule has 4 rings (SSSR count). The molecule has 0 spiro atoms. The van der Waals surface area contributed by atoms with E-state index in [1.54, 1.807) is 28.0 Å². The average molecular weight is 524 g/mol. The second kappa shape index (κ2) is 13.2. The fourth-order valence-corrected chi connectivity index (χ4v) is 5.11. The molecule has 1 aromatic heterocycles. The van der Waals surface area contributed by atoms with E-state index in [0.717, 1.165) is 48.8 Å². The van der Waals surface area contributed by atoms with Gasteiger partial charge in [0.15, 0.2) is 11.7 Å². The van der Waals surface area contributed by atoms with Crippen molar-refractivity contribution in [1.82, 2.24) is 9.88 Å². The van der Waals surface area contributed by atoms with Gasteiger partial charge in [-0.1, -0.05) is 11.3 Å². The number of hydrogen-bond acceptors (Lipinski definition) is 8. The van der Waals surface area contributed by atoms with Gasteiger partial charge < -0.3 is 14.2 Å². The Hall–Kier alpha value is -2.04. The van der Waals surface area contributed by atoms with Crippen LogP contribution in [0.5, 0.6) is 11.5 Å². The number of halogens is 1. The summed E-state index contributed by atoms with van der Waals surface area (Å²) in [5.74, 6) is 1.30. The maximum atomic E-state index is 13.3. The summed E-state index contributed by atoms with van der Waals surface area (Å²) in [7, 11) is 0. The first kappa shape index (κ1) is 26.6. The van der Waals surface area contributed by atoms with Gasteiger partial charge in [-0.05, 0) is 55.6 Å². The zero-order chi connectivity index (χ0) is 23.0. The van der Waals surface area contributed by atoms with E-state index in [2.05, 4.69) is 23.3 Å². The molecule has 1 amide bonds. The summed E-state index contributed by atoms with van der Waals surface area (Å²) < 4.78 is 17.8. The Kier molecular flexibility index (Phi) is 10.3. The molecule has 1 aliphatic rings. The lowest BCUT2D eigenvalue weighted by atomic mass is 10.3. The molecule has 0 saturated carbocycles. The molecule has 184 valence electrons. The zero-order valence-electron chi connectivity index (χ0n) is 19.4. The quantitative estimate of drug-likeness (QED) is 0.360. The monoisotopic (exact) mass is 523 g/mol. The number of fused-ring (bicyclic) bond motifs is 1. The van der Waals surface area contributed by atoms with Crippen LogP contribution in [0.1, 0.15) is 6.92 Å². The fraction of sp³-hybridized carbons (Fsp3) is 0.417. The second-order valence-electron chi connectivity index (χ2n) is 7.52. The lowest BCUT2D eigenvalue weighted by molar-refractivity contribution is -0.120. The van der Waals surface area contributed by atoms with E-state index >= 15 is 0 Å². The first-order valence-electron chi connectivity index (χ1n) is 11.1. The first-order chi connectivity index (χ1) is 16.2. The largest absolute Gasteiger partial charge is 0.494 e. The number of carbonyl (C=O) groups is 1. The fourth-order valence-electron chi connectivity index (χ4n) is 3.55. The van der Waals surface area contributed by atoms with Crippen molar-refractivity contribution in [3.63, 3.8) is 0 Å². The van der Waals surface area contributed by atoms with E-state index in [0.29, 0.717) is 24.0 Å². The lowest BCUT2D eigenvalue weighted by Gasteiger charge is -2.29. The number of benzene rings is 2. The van der Waals surface area contributed by atoms with Crippen molar-refractivity contribution in [3.05, 3.63) is 42.5 Å². The minimum Gasteiger partial charge on any atom is -0.494 e. The van der Waals surface area contributed by atoms with E-state index in [1.807, 2.05) is 37.3 Å². The third-order valence-corrected chi connectivity index (χ3v) is 7.12. The zero-order valence-corrected chi connectivity index (χ0v) is 21.8. The van der Waals surface area contributed by atoms with Crippen LogP contribution in [0.2, 0.25) is 0 Å². The minimum atomic E-state index is -0.110. The molecule has 34 heavy (non-hydrogen) atoms. The Bertz CT molecular complexity index is 1060. The van der Waals surface area contributed by atoms with E-state index in [1.165, 1.54) is 4.90 Å². The predicted molar refractivity (Wildman–Crippen MR) is 141 cm³/mol. The Balaban J connectivity index is 0.00000324. The van der Waals surface area contributed by atoms with E-state index in [-0.39, 0.29) is 24.9 Å². The molecule has 2 heterocycles. The first-order valence-corrected chi connectivity index (χ1v) is 13.1. The summed E-state index contributed by atoms with van der Waals surface area (Å²) >= 11 is 3.24.